The van der Waals surface area contributed by atoms with E-state index in [0.717, 1.165) is 4.88 Å². The van der Waals surface area contributed by atoms with Gasteiger partial charge in [0.15, 0.2) is 5.82 Å². The minimum atomic E-state index is -0.265. The third-order valence-corrected chi connectivity index (χ3v) is 3.79. The van der Waals surface area contributed by atoms with E-state index in [-0.39, 0.29) is 11.5 Å². The zero-order valence-electron chi connectivity index (χ0n) is 9.90. The van der Waals surface area contributed by atoms with Crippen LogP contribution in [0, 0.1) is 5.41 Å². The Morgan fingerprint density at radius 3 is 2.71 bits per heavy atom. The van der Waals surface area contributed by atoms with Gasteiger partial charge >= 0.3 is 0 Å². The van der Waals surface area contributed by atoms with E-state index in [2.05, 4.69) is 10.1 Å². The summed E-state index contributed by atoms with van der Waals surface area (Å²) in [6.45, 7) is 6.10. The summed E-state index contributed by atoms with van der Waals surface area (Å²) >= 11 is 7.47. The summed E-state index contributed by atoms with van der Waals surface area (Å²) in [4.78, 5) is 5.09. The van der Waals surface area contributed by atoms with Gasteiger partial charge in [-0.05, 0) is 16.9 Å². The first kappa shape index (κ1) is 12.5. The standard InChI is InChI=1S/C11H14ClN3OS/c1-11(2,3)8(13)9-14-10(16-15-9)7-6(12)4-5-17-7/h4-5,8H,13H2,1-3H3. The van der Waals surface area contributed by atoms with Crippen LogP contribution in [0.1, 0.15) is 32.6 Å². The number of hydrogen-bond donors (Lipinski definition) is 1. The van der Waals surface area contributed by atoms with Gasteiger partial charge in [0.05, 0.1) is 11.1 Å². The molecule has 0 aromatic carbocycles. The Morgan fingerprint density at radius 1 is 1.47 bits per heavy atom. The third kappa shape index (κ3) is 2.51. The summed E-state index contributed by atoms with van der Waals surface area (Å²) in [5.41, 5.74) is 5.95. The van der Waals surface area contributed by atoms with Gasteiger partial charge in [-0.25, -0.2) is 0 Å². The predicted octanol–water partition coefficient (Wildman–Crippen LogP) is 3.50. The van der Waals surface area contributed by atoms with Gasteiger partial charge in [0.2, 0.25) is 0 Å². The normalized spacial score (nSPS) is 13.9. The highest BCUT2D eigenvalue weighted by molar-refractivity contribution is 7.14. The molecule has 0 radical (unpaired) electrons. The molecular formula is C11H14ClN3OS. The lowest BCUT2D eigenvalue weighted by molar-refractivity contribution is 0.303. The average molecular weight is 272 g/mol. The minimum Gasteiger partial charge on any atom is -0.333 e. The quantitative estimate of drug-likeness (QED) is 0.908. The molecule has 0 bridgehead atoms. The topological polar surface area (TPSA) is 64.9 Å². The van der Waals surface area contributed by atoms with Gasteiger partial charge in [-0.2, -0.15) is 4.98 Å². The maximum atomic E-state index is 6.06. The Hall–Kier alpha value is -0.910. The summed E-state index contributed by atoms with van der Waals surface area (Å²) in [5.74, 6) is 0.941. The molecule has 0 amide bonds. The summed E-state index contributed by atoms with van der Waals surface area (Å²) in [6, 6.07) is 1.54. The molecule has 2 rings (SSSR count). The van der Waals surface area contributed by atoms with Gasteiger partial charge in [0.25, 0.3) is 5.89 Å². The molecule has 0 aliphatic heterocycles. The molecule has 0 spiro atoms. The number of hydrogen-bond acceptors (Lipinski definition) is 5. The van der Waals surface area contributed by atoms with E-state index in [4.69, 9.17) is 21.9 Å². The van der Waals surface area contributed by atoms with E-state index < -0.39 is 0 Å². The van der Waals surface area contributed by atoms with Crippen molar-refractivity contribution in [2.45, 2.75) is 26.8 Å². The van der Waals surface area contributed by atoms with Crippen LogP contribution in [0.2, 0.25) is 5.02 Å². The van der Waals surface area contributed by atoms with Crippen LogP contribution >= 0.6 is 22.9 Å². The average Bonchev–Trinajstić information content (AvgIpc) is 2.83. The van der Waals surface area contributed by atoms with Crippen LogP contribution in [0.25, 0.3) is 10.8 Å². The van der Waals surface area contributed by atoms with Crippen molar-refractivity contribution in [1.82, 2.24) is 10.1 Å². The number of halogens is 1. The molecule has 17 heavy (non-hydrogen) atoms. The molecule has 2 heterocycles. The van der Waals surface area contributed by atoms with Gasteiger partial charge in [-0.3, -0.25) is 0 Å². The summed E-state index contributed by atoms with van der Waals surface area (Å²) in [7, 11) is 0. The van der Waals surface area contributed by atoms with E-state index in [1.54, 1.807) is 6.07 Å². The van der Waals surface area contributed by atoms with Crippen LogP contribution in [-0.4, -0.2) is 10.1 Å². The van der Waals surface area contributed by atoms with Crippen molar-refractivity contribution in [3.8, 4) is 10.8 Å². The van der Waals surface area contributed by atoms with Crippen molar-refractivity contribution in [2.75, 3.05) is 0 Å². The summed E-state index contributed by atoms with van der Waals surface area (Å²) in [5, 5.41) is 6.42. The molecule has 1 atom stereocenters. The van der Waals surface area contributed by atoms with Crippen molar-refractivity contribution >= 4 is 22.9 Å². The first-order chi connectivity index (χ1) is 7.89. The highest BCUT2D eigenvalue weighted by atomic mass is 35.5. The van der Waals surface area contributed by atoms with E-state index in [0.29, 0.717) is 16.7 Å². The molecule has 0 saturated carbocycles. The molecule has 2 aromatic heterocycles. The molecule has 0 aliphatic carbocycles. The van der Waals surface area contributed by atoms with Crippen molar-refractivity contribution in [3.63, 3.8) is 0 Å². The van der Waals surface area contributed by atoms with Crippen LogP contribution < -0.4 is 5.73 Å². The fourth-order valence-corrected chi connectivity index (χ4v) is 2.34. The van der Waals surface area contributed by atoms with Gasteiger partial charge in [0, 0.05) is 0 Å². The number of aromatic nitrogens is 2. The Labute approximate surface area is 109 Å². The number of rotatable bonds is 2. The van der Waals surface area contributed by atoms with Crippen LogP contribution in [0.3, 0.4) is 0 Å². The smallest absolute Gasteiger partial charge is 0.269 e. The third-order valence-electron chi connectivity index (χ3n) is 2.46. The molecule has 1 unspecified atom stereocenters. The van der Waals surface area contributed by atoms with E-state index in [1.165, 1.54) is 11.3 Å². The summed E-state index contributed by atoms with van der Waals surface area (Å²) in [6.07, 6.45) is 0. The van der Waals surface area contributed by atoms with Crippen LogP contribution in [0.5, 0.6) is 0 Å². The lowest BCUT2D eigenvalue weighted by atomic mass is 9.87. The predicted molar refractivity (Wildman–Crippen MR) is 69.0 cm³/mol. The van der Waals surface area contributed by atoms with Gasteiger partial charge in [0.1, 0.15) is 4.88 Å². The first-order valence-electron chi connectivity index (χ1n) is 5.22. The number of nitrogens with zero attached hydrogens (tertiary/aromatic N) is 2. The SMILES string of the molecule is CC(C)(C)C(N)c1noc(-c2sccc2Cl)n1. The Balaban J connectivity index is 2.31. The lowest BCUT2D eigenvalue weighted by Crippen LogP contribution is -2.27. The number of nitrogens with two attached hydrogens (primary N) is 1. The highest BCUT2D eigenvalue weighted by Gasteiger charge is 2.27. The van der Waals surface area contributed by atoms with Crippen molar-refractivity contribution < 1.29 is 4.52 Å². The number of thiophene rings is 1. The van der Waals surface area contributed by atoms with Gasteiger partial charge in [-0.1, -0.05) is 37.5 Å². The zero-order chi connectivity index (χ0) is 12.6. The van der Waals surface area contributed by atoms with E-state index in [9.17, 15) is 0 Å². The van der Waals surface area contributed by atoms with Crippen molar-refractivity contribution in [3.05, 3.63) is 22.3 Å². The second-order valence-corrected chi connectivity index (χ2v) is 6.22. The van der Waals surface area contributed by atoms with Gasteiger partial charge in [-0.15, -0.1) is 11.3 Å². The molecule has 4 nitrogen and oxygen atoms in total. The second-order valence-electron chi connectivity index (χ2n) is 4.90. The van der Waals surface area contributed by atoms with Crippen LogP contribution in [0.4, 0.5) is 0 Å². The van der Waals surface area contributed by atoms with Crippen LogP contribution in [-0.2, 0) is 0 Å². The second kappa shape index (κ2) is 4.40. The molecule has 0 saturated heterocycles. The molecule has 0 aliphatic rings. The van der Waals surface area contributed by atoms with Crippen molar-refractivity contribution in [1.29, 1.82) is 0 Å². The monoisotopic (exact) mass is 271 g/mol. The molecule has 2 N–H and O–H groups in total. The van der Waals surface area contributed by atoms with Gasteiger partial charge < -0.3 is 10.3 Å². The highest BCUT2D eigenvalue weighted by Crippen LogP contribution is 2.34. The lowest BCUT2D eigenvalue weighted by Gasteiger charge is -2.23. The largest absolute Gasteiger partial charge is 0.333 e. The Morgan fingerprint density at radius 2 is 2.18 bits per heavy atom. The zero-order valence-corrected chi connectivity index (χ0v) is 11.5. The van der Waals surface area contributed by atoms with Crippen molar-refractivity contribution in [2.24, 2.45) is 11.1 Å². The summed E-state index contributed by atoms with van der Waals surface area (Å²) < 4.78 is 5.19. The van der Waals surface area contributed by atoms with Crippen LogP contribution in [0.15, 0.2) is 16.0 Å². The molecule has 2 aromatic rings. The fraction of sp³-hybridized carbons (Fsp3) is 0.455. The Kier molecular flexibility index (Phi) is 3.25. The minimum absolute atomic E-state index is 0.111. The molecule has 92 valence electrons. The Bertz CT molecular complexity index is 515. The first-order valence-corrected chi connectivity index (χ1v) is 6.48. The fourth-order valence-electron chi connectivity index (χ4n) is 1.29. The molecule has 6 heteroatoms. The molecular weight excluding hydrogens is 258 g/mol. The van der Waals surface area contributed by atoms with E-state index >= 15 is 0 Å². The molecule has 0 fully saturated rings. The van der Waals surface area contributed by atoms with E-state index in [1.807, 2.05) is 26.2 Å². The maximum absolute atomic E-state index is 6.06. The maximum Gasteiger partial charge on any atom is 0.269 e.